The molecule has 0 aliphatic heterocycles. The van der Waals surface area contributed by atoms with Crippen LogP contribution >= 0.6 is 23.4 Å². The van der Waals surface area contributed by atoms with E-state index in [0.29, 0.717) is 0 Å². The third kappa shape index (κ3) is 4.83. The van der Waals surface area contributed by atoms with Crippen molar-refractivity contribution in [3.8, 4) is 0 Å². The first kappa shape index (κ1) is 16.0. The lowest BCUT2D eigenvalue weighted by atomic mass is 10.2. The summed E-state index contributed by atoms with van der Waals surface area (Å²) >= 11 is 7.58. The van der Waals surface area contributed by atoms with E-state index in [0.717, 1.165) is 17.9 Å². The highest BCUT2D eigenvalue weighted by Crippen LogP contribution is 2.27. The van der Waals surface area contributed by atoms with Crippen molar-refractivity contribution in [1.82, 2.24) is 9.97 Å². The molecular formula is C11H17ClN4O2S. The molecule has 0 amide bonds. The molecule has 1 atom stereocenters. The molecule has 1 heterocycles. The van der Waals surface area contributed by atoms with Gasteiger partial charge in [0.2, 0.25) is 11.1 Å². The number of rotatable bonds is 7. The normalized spacial score (nSPS) is 12.2. The molecule has 6 nitrogen and oxygen atoms in total. The first-order valence-corrected chi connectivity index (χ1v) is 7.51. The molecule has 1 rings (SSSR count). The van der Waals surface area contributed by atoms with Crippen molar-refractivity contribution in [1.29, 1.82) is 0 Å². The summed E-state index contributed by atoms with van der Waals surface area (Å²) in [6.45, 7) is 5.61. The topological polar surface area (TPSA) is 81.0 Å². The molecule has 0 radical (unpaired) electrons. The Labute approximate surface area is 121 Å². The number of nitrogens with one attached hydrogen (secondary N) is 1. The summed E-state index contributed by atoms with van der Waals surface area (Å²) in [4.78, 5) is 18.3. The molecule has 1 aromatic heterocycles. The second-order valence-corrected chi connectivity index (χ2v) is 5.80. The third-order valence-corrected chi connectivity index (χ3v) is 3.60. The number of thioether (sulfide) groups is 1. The molecule has 0 aliphatic carbocycles. The van der Waals surface area contributed by atoms with Crippen molar-refractivity contribution in [2.45, 2.75) is 33.2 Å². The Morgan fingerprint density at radius 1 is 1.53 bits per heavy atom. The van der Waals surface area contributed by atoms with Crippen LogP contribution in [0, 0.1) is 17.0 Å². The zero-order valence-electron chi connectivity index (χ0n) is 11.1. The minimum Gasteiger partial charge on any atom is -0.362 e. The predicted octanol–water partition coefficient (Wildman–Crippen LogP) is 3.29. The summed E-state index contributed by atoms with van der Waals surface area (Å²) in [7, 11) is 0. The zero-order chi connectivity index (χ0) is 14.4. The lowest BCUT2D eigenvalue weighted by Crippen LogP contribution is -2.18. The molecule has 1 aromatic rings. The van der Waals surface area contributed by atoms with Gasteiger partial charge in [0, 0.05) is 6.04 Å². The Morgan fingerprint density at radius 3 is 2.79 bits per heavy atom. The number of hydrogen-bond donors (Lipinski definition) is 1. The average molecular weight is 305 g/mol. The van der Waals surface area contributed by atoms with Crippen molar-refractivity contribution in [2.75, 3.05) is 16.8 Å². The molecule has 106 valence electrons. The van der Waals surface area contributed by atoms with E-state index < -0.39 is 4.92 Å². The van der Waals surface area contributed by atoms with E-state index in [1.165, 1.54) is 0 Å². The summed E-state index contributed by atoms with van der Waals surface area (Å²) in [6, 6.07) is 0.0862. The molecule has 0 aliphatic rings. The van der Waals surface area contributed by atoms with Gasteiger partial charge in [0.15, 0.2) is 0 Å². The lowest BCUT2D eigenvalue weighted by Gasteiger charge is -2.14. The molecular weight excluding hydrogens is 288 g/mol. The van der Waals surface area contributed by atoms with Crippen molar-refractivity contribution in [3.05, 3.63) is 21.1 Å². The largest absolute Gasteiger partial charge is 0.362 e. The minimum absolute atomic E-state index is 0.0146. The maximum Gasteiger partial charge on any atom is 0.332 e. The molecule has 8 heteroatoms. The Balaban J connectivity index is 2.84. The Hall–Kier alpha value is -1.08. The van der Waals surface area contributed by atoms with E-state index in [4.69, 9.17) is 11.6 Å². The summed E-state index contributed by atoms with van der Waals surface area (Å²) in [5, 5.41) is 14.1. The van der Waals surface area contributed by atoms with Gasteiger partial charge in [-0.2, -0.15) is 16.7 Å². The van der Waals surface area contributed by atoms with Gasteiger partial charge in [-0.05, 0) is 43.4 Å². The van der Waals surface area contributed by atoms with Crippen LogP contribution in [0.25, 0.3) is 0 Å². The molecule has 0 fully saturated rings. The lowest BCUT2D eigenvalue weighted by molar-refractivity contribution is -0.385. The number of halogens is 1. The predicted molar refractivity (Wildman–Crippen MR) is 79.1 cm³/mol. The van der Waals surface area contributed by atoms with Gasteiger partial charge in [-0.25, -0.2) is 4.98 Å². The van der Waals surface area contributed by atoms with Crippen molar-refractivity contribution in [2.24, 2.45) is 0 Å². The molecule has 0 saturated heterocycles. The number of nitro groups is 1. The van der Waals surface area contributed by atoms with Gasteiger partial charge in [-0.1, -0.05) is 6.92 Å². The molecule has 1 N–H and O–H groups in total. The van der Waals surface area contributed by atoms with Gasteiger partial charge in [0.25, 0.3) is 0 Å². The standard InChI is InChI=1S/C11H17ClN4O2S/c1-4-19-6-5-7(2)13-10-9(16(17)18)8(3)14-11(12)15-10/h7H,4-6H2,1-3H3,(H,13,14,15). The van der Waals surface area contributed by atoms with Crippen LogP contribution in [-0.2, 0) is 0 Å². The second-order valence-electron chi connectivity index (χ2n) is 4.06. The van der Waals surface area contributed by atoms with Crippen LogP contribution in [0.2, 0.25) is 5.28 Å². The van der Waals surface area contributed by atoms with E-state index in [1.54, 1.807) is 6.92 Å². The fraction of sp³-hybridized carbons (Fsp3) is 0.636. The smallest absolute Gasteiger partial charge is 0.332 e. The van der Waals surface area contributed by atoms with Gasteiger partial charge in [0.1, 0.15) is 5.69 Å². The quantitative estimate of drug-likeness (QED) is 0.360. The highest BCUT2D eigenvalue weighted by molar-refractivity contribution is 7.99. The van der Waals surface area contributed by atoms with E-state index >= 15 is 0 Å². The third-order valence-electron chi connectivity index (χ3n) is 2.50. The molecule has 0 saturated carbocycles. The minimum atomic E-state index is -0.485. The number of aromatic nitrogens is 2. The van der Waals surface area contributed by atoms with Gasteiger partial charge in [-0.3, -0.25) is 10.1 Å². The summed E-state index contributed by atoms with van der Waals surface area (Å²) in [5.41, 5.74) is 0.155. The highest BCUT2D eigenvalue weighted by atomic mass is 35.5. The van der Waals surface area contributed by atoms with Gasteiger partial charge in [-0.15, -0.1) is 0 Å². The van der Waals surface area contributed by atoms with Crippen LogP contribution in [-0.4, -0.2) is 32.4 Å². The summed E-state index contributed by atoms with van der Waals surface area (Å²) in [5.74, 6) is 2.25. The first-order chi connectivity index (χ1) is 8.95. The number of nitrogens with zero attached hydrogens (tertiary/aromatic N) is 3. The fourth-order valence-corrected chi connectivity index (χ4v) is 2.58. The van der Waals surface area contributed by atoms with E-state index in [1.807, 2.05) is 18.7 Å². The van der Waals surface area contributed by atoms with Crippen molar-refractivity contribution < 1.29 is 4.92 Å². The monoisotopic (exact) mass is 304 g/mol. The van der Waals surface area contributed by atoms with E-state index in [-0.39, 0.29) is 28.5 Å². The zero-order valence-corrected chi connectivity index (χ0v) is 12.7. The Kier molecular flexibility index (Phi) is 6.30. The number of anilines is 1. The van der Waals surface area contributed by atoms with E-state index in [2.05, 4.69) is 22.2 Å². The molecule has 1 unspecified atom stereocenters. The van der Waals surface area contributed by atoms with Crippen LogP contribution in [0.4, 0.5) is 11.5 Å². The van der Waals surface area contributed by atoms with Crippen LogP contribution in [0.1, 0.15) is 26.0 Å². The van der Waals surface area contributed by atoms with E-state index in [9.17, 15) is 10.1 Å². The van der Waals surface area contributed by atoms with Crippen LogP contribution < -0.4 is 5.32 Å². The van der Waals surface area contributed by atoms with Crippen LogP contribution in [0.5, 0.6) is 0 Å². The van der Waals surface area contributed by atoms with Gasteiger partial charge in [0.05, 0.1) is 4.92 Å². The molecule has 0 bridgehead atoms. The maximum absolute atomic E-state index is 11.0. The van der Waals surface area contributed by atoms with Crippen LogP contribution in [0.15, 0.2) is 0 Å². The molecule has 0 aromatic carbocycles. The Bertz CT molecular complexity index is 459. The number of hydrogen-bond acceptors (Lipinski definition) is 6. The number of aryl methyl sites for hydroxylation is 1. The molecule has 19 heavy (non-hydrogen) atoms. The van der Waals surface area contributed by atoms with Crippen molar-refractivity contribution in [3.63, 3.8) is 0 Å². The summed E-state index contributed by atoms with van der Waals surface area (Å²) in [6.07, 6.45) is 0.899. The maximum atomic E-state index is 11.0. The van der Waals surface area contributed by atoms with Crippen LogP contribution in [0.3, 0.4) is 0 Å². The Morgan fingerprint density at radius 2 is 2.21 bits per heavy atom. The van der Waals surface area contributed by atoms with Gasteiger partial charge < -0.3 is 5.32 Å². The molecule has 0 spiro atoms. The SMILES string of the molecule is CCSCCC(C)Nc1nc(Cl)nc(C)c1[N+](=O)[O-]. The summed E-state index contributed by atoms with van der Waals surface area (Å²) < 4.78 is 0. The van der Waals surface area contributed by atoms with Gasteiger partial charge >= 0.3 is 5.69 Å². The fourth-order valence-electron chi connectivity index (χ4n) is 1.56. The van der Waals surface area contributed by atoms with Crippen molar-refractivity contribution >= 4 is 34.9 Å². The second kappa shape index (κ2) is 7.49. The first-order valence-electron chi connectivity index (χ1n) is 5.98. The highest BCUT2D eigenvalue weighted by Gasteiger charge is 2.22. The average Bonchev–Trinajstić information content (AvgIpc) is 2.27.